The second-order valence-corrected chi connectivity index (χ2v) is 7.26. The molecule has 0 saturated heterocycles. The Morgan fingerprint density at radius 2 is 2.08 bits per heavy atom. The topological polar surface area (TPSA) is 57.7 Å². The molecular formula is C18H16INO4S. The van der Waals surface area contributed by atoms with E-state index in [2.05, 4.69) is 33.6 Å². The van der Waals surface area contributed by atoms with Gasteiger partial charge in [-0.3, -0.25) is 0 Å². The van der Waals surface area contributed by atoms with Gasteiger partial charge in [0.15, 0.2) is 18.1 Å². The first-order valence-corrected chi connectivity index (χ1v) is 9.53. The molecule has 2 aromatic carbocycles. The first kappa shape index (κ1) is 17.9. The van der Waals surface area contributed by atoms with Gasteiger partial charge in [-0.2, -0.15) is 0 Å². The molecule has 0 radical (unpaired) electrons. The Morgan fingerprint density at radius 3 is 2.80 bits per heavy atom. The van der Waals surface area contributed by atoms with Crippen molar-refractivity contribution in [3.63, 3.8) is 0 Å². The number of fused-ring (bicyclic) bond motifs is 1. The lowest BCUT2D eigenvalue weighted by Crippen LogP contribution is -2.15. The Labute approximate surface area is 163 Å². The second-order valence-electron chi connectivity index (χ2n) is 5.07. The number of aromatic nitrogens is 1. The average Bonchev–Trinajstić information content (AvgIpc) is 3.04. The minimum absolute atomic E-state index is 0.152. The Hall–Kier alpha value is -1.87. The molecule has 0 unspecified atom stereocenters. The highest BCUT2D eigenvalue weighted by Crippen LogP contribution is 2.39. The van der Waals surface area contributed by atoms with Crippen molar-refractivity contribution in [2.24, 2.45) is 0 Å². The third-order valence-corrected chi connectivity index (χ3v) is 5.30. The van der Waals surface area contributed by atoms with Crippen molar-refractivity contribution >= 4 is 50.1 Å². The Morgan fingerprint density at radius 1 is 1.28 bits per heavy atom. The third-order valence-electron chi connectivity index (χ3n) is 3.41. The number of rotatable bonds is 6. The molecule has 5 nitrogen and oxygen atoms in total. The van der Waals surface area contributed by atoms with Crippen LogP contribution < -0.4 is 9.47 Å². The number of nitrogens with zero attached hydrogens (tertiary/aromatic N) is 1. The van der Waals surface area contributed by atoms with E-state index in [1.165, 1.54) is 0 Å². The van der Waals surface area contributed by atoms with Crippen molar-refractivity contribution in [3.05, 3.63) is 40.0 Å². The lowest BCUT2D eigenvalue weighted by molar-refractivity contribution is -0.145. The van der Waals surface area contributed by atoms with Gasteiger partial charge in [-0.05, 0) is 53.8 Å². The van der Waals surface area contributed by atoms with Crippen LogP contribution >= 0.6 is 33.9 Å². The van der Waals surface area contributed by atoms with E-state index < -0.39 is 5.97 Å². The molecule has 0 atom stereocenters. The van der Waals surface area contributed by atoms with Crippen molar-refractivity contribution in [2.45, 2.75) is 6.92 Å². The molecule has 1 heterocycles. The molecule has 3 rings (SSSR count). The molecule has 0 aliphatic carbocycles. The summed E-state index contributed by atoms with van der Waals surface area (Å²) >= 11 is 3.79. The van der Waals surface area contributed by atoms with Gasteiger partial charge in [0, 0.05) is 5.56 Å². The third kappa shape index (κ3) is 4.04. The molecule has 0 bridgehead atoms. The quantitative estimate of drug-likeness (QED) is 0.393. The largest absolute Gasteiger partial charge is 0.493 e. The van der Waals surface area contributed by atoms with E-state index in [1.54, 1.807) is 25.4 Å². The highest BCUT2D eigenvalue weighted by Gasteiger charge is 2.16. The highest BCUT2D eigenvalue weighted by molar-refractivity contribution is 14.1. The molecule has 25 heavy (non-hydrogen) atoms. The monoisotopic (exact) mass is 469 g/mol. The number of thiazole rings is 1. The summed E-state index contributed by atoms with van der Waals surface area (Å²) < 4.78 is 17.9. The highest BCUT2D eigenvalue weighted by atomic mass is 127. The lowest BCUT2D eigenvalue weighted by atomic mass is 10.2. The van der Waals surface area contributed by atoms with Crippen LogP contribution in [0.2, 0.25) is 0 Å². The van der Waals surface area contributed by atoms with Gasteiger partial charge >= 0.3 is 5.97 Å². The molecule has 0 fully saturated rings. The summed E-state index contributed by atoms with van der Waals surface area (Å²) in [6.45, 7) is 1.93. The van der Waals surface area contributed by atoms with Gasteiger partial charge in [-0.25, -0.2) is 9.78 Å². The maximum absolute atomic E-state index is 11.5. The fraction of sp³-hybridized carbons (Fsp3) is 0.222. The zero-order valence-electron chi connectivity index (χ0n) is 13.7. The van der Waals surface area contributed by atoms with Crippen LogP contribution in [0.3, 0.4) is 0 Å². The number of ether oxygens (including phenoxy) is 3. The number of para-hydroxylation sites is 1. The maximum Gasteiger partial charge on any atom is 0.344 e. The number of hydrogen-bond donors (Lipinski definition) is 0. The van der Waals surface area contributed by atoms with Crippen LogP contribution in [-0.2, 0) is 9.53 Å². The van der Waals surface area contributed by atoms with Gasteiger partial charge in [-0.1, -0.05) is 12.1 Å². The van der Waals surface area contributed by atoms with Crippen LogP contribution in [0.25, 0.3) is 20.8 Å². The van der Waals surface area contributed by atoms with Crippen molar-refractivity contribution < 1.29 is 19.0 Å². The van der Waals surface area contributed by atoms with E-state index in [0.29, 0.717) is 18.1 Å². The molecule has 130 valence electrons. The van der Waals surface area contributed by atoms with Crippen molar-refractivity contribution in [3.8, 4) is 22.1 Å². The Kier molecular flexibility index (Phi) is 5.74. The van der Waals surface area contributed by atoms with Gasteiger partial charge in [0.1, 0.15) is 5.01 Å². The molecule has 0 saturated carbocycles. The summed E-state index contributed by atoms with van der Waals surface area (Å²) in [4.78, 5) is 16.2. The second kappa shape index (κ2) is 8.01. The summed E-state index contributed by atoms with van der Waals surface area (Å²) in [5, 5.41) is 0.911. The number of benzene rings is 2. The number of methoxy groups -OCH3 is 1. The van der Waals surface area contributed by atoms with Crippen LogP contribution in [0, 0.1) is 3.57 Å². The maximum atomic E-state index is 11.5. The summed E-state index contributed by atoms with van der Waals surface area (Å²) in [6, 6.07) is 11.9. The van der Waals surface area contributed by atoms with E-state index >= 15 is 0 Å². The predicted octanol–water partition coefficient (Wildman–Crippen LogP) is 4.52. The zero-order chi connectivity index (χ0) is 17.8. The molecule has 7 heteroatoms. The van der Waals surface area contributed by atoms with Crippen molar-refractivity contribution in [2.75, 3.05) is 20.3 Å². The zero-order valence-corrected chi connectivity index (χ0v) is 16.7. The molecule has 0 spiro atoms. The summed E-state index contributed by atoms with van der Waals surface area (Å²) in [6.07, 6.45) is 0. The molecule has 0 aliphatic rings. The average molecular weight is 469 g/mol. The fourth-order valence-corrected chi connectivity index (χ4v) is 4.02. The van der Waals surface area contributed by atoms with E-state index in [9.17, 15) is 4.79 Å². The van der Waals surface area contributed by atoms with Crippen LogP contribution in [0.15, 0.2) is 36.4 Å². The Bertz CT molecular complexity index is 876. The van der Waals surface area contributed by atoms with Crippen LogP contribution in [0.1, 0.15) is 6.92 Å². The fourth-order valence-electron chi connectivity index (χ4n) is 2.31. The minimum Gasteiger partial charge on any atom is -0.493 e. The summed E-state index contributed by atoms with van der Waals surface area (Å²) in [5.74, 6) is 0.682. The Balaban J connectivity index is 1.92. The SMILES string of the molecule is CCOC(=O)COc1c(I)cc(-c2nc3ccccc3s2)cc1OC. The predicted molar refractivity (Wildman–Crippen MR) is 106 cm³/mol. The first-order chi connectivity index (χ1) is 12.1. The first-order valence-electron chi connectivity index (χ1n) is 7.64. The molecule has 1 aromatic heterocycles. The molecule has 0 aliphatic heterocycles. The van der Waals surface area contributed by atoms with Gasteiger partial charge in [-0.15, -0.1) is 11.3 Å². The molecule has 0 amide bonds. The van der Waals surface area contributed by atoms with Gasteiger partial charge in [0.05, 0.1) is 27.5 Å². The van der Waals surface area contributed by atoms with Gasteiger partial charge in [0.2, 0.25) is 0 Å². The van der Waals surface area contributed by atoms with E-state index in [0.717, 1.165) is 24.4 Å². The minimum atomic E-state index is -0.407. The number of hydrogen-bond acceptors (Lipinski definition) is 6. The van der Waals surface area contributed by atoms with Gasteiger partial charge < -0.3 is 14.2 Å². The van der Waals surface area contributed by atoms with E-state index in [1.807, 2.05) is 30.3 Å². The van der Waals surface area contributed by atoms with Gasteiger partial charge in [0.25, 0.3) is 0 Å². The van der Waals surface area contributed by atoms with Crippen molar-refractivity contribution in [1.82, 2.24) is 4.98 Å². The number of carbonyl (C=O) groups excluding carboxylic acids is 1. The summed E-state index contributed by atoms with van der Waals surface area (Å²) in [7, 11) is 1.57. The summed E-state index contributed by atoms with van der Waals surface area (Å²) in [5.41, 5.74) is 1.92. The molecule has 0 N–H and O–H groups in total. The number of esters is 1. The standard InChI is InChI=1S/C18H16INO4S/c1-3-23-16(21)10-24-17-12(19)8-11(9-14(17)22-2)18-20-13-6-4-5-7-15(13)25-18/h4-9H,3,10H2,1-2H3. The number of carbonyl (C=O) groups is 1. The van der Waals surface area contributed by atoms with Crippen molar-refractivity contribution in [1.29, 1.82) is 0 Å². The lowest BCUT2D eigenvalue weighted by Gasteiger charge is -2.13. The molecular weight excluding hydrogens is 453 g/mol. The smallest absolute Gasteiger partial charge is 0.344 e. The molecule has 3 aromatic rings. The van der Waals surface area contributed by atoms with E-state index in [-0.39, 0.29) is 6.61 Å². The number of halogens is 1. The van der Waals surface area contributed by atoms with Crippen LogP contribution in [0.5, 0.6) is 11.5 Å². The van der Waals surface area contributed by atoms with Crippen LogP contribution in [-0.4, -0.2) is 31.3 Å². The van der Waals surface area contributed by atoms with E-state index in [4.69, 9.17) is 14.2 Å². The normalized spacial score (nSPS) is 10.7. The van der Waals surface area contributed by atoms with Crippen LogP contribution in [0.4, 0.5) is 0 Å².